The summed E-state index contributed by atoms with van der Waals surface area (Å²) in [6.07, 6.45) is 19.4. The van der Waals surface area contributed by atoms with Crippen LogP contribution in [0.5, 0.6) is 0 Å². The highest BCUT2D eigenvalue weighted by Gasteiger charge is 1.79. The van der Waals surface area contributed by atoms with E-state index in [1.165, 1.54) is 32.1 Å². The van der Waals surface area contributed by atoms with E-state index in [0.29, 0.717) is 0 Å². The van der Waals surface area contributed by atoms with Crippen LogP contribution in [0.3, 0.4) is 0 Å². The fraction of sp³-hybridized carbons (Fsp3) is 0.538. The fourth-order valence-corrected chi connectivity index (χ4v) is 1.12. The molecule has 0 rings (SSSR count). The minimum atomic E-state index is 1.18. The fourth-order valence-electron chi connectivity index (χ4n) is 1.12. The lowest BCUT2D eigenvalue weighted by atomic mass is 10.2. The smallest absolute Gasteiger partial charge is 0.0316 e. The van der Waals surface area contributed by atoms with E-state index >= 15 is 0 Å². The van der Waals surface area contributed by atoms with Crippen LogP contribution >= 0.6 is 0 Å². The second kappa shape index (κ2) is 11.2. The Kier molecular flexibility index (Phi) is 10.5. The minimum Gasteiger partial charge on any atom is -0.0917 e. The van der Waals surface area contributed by atoms with Gasteiger partial charge in [-0.15, -0.1) is 0 Å². The predicted molar refractivity (Wildman–Crippen MR) is 61.9 cm³/mol. The van der Waals surface area contributed by atoms with E-state index in [4.69, 9.17) is 0 Å². The van der Waals surface area contributed by atoms with E-state index in [1.807, 2.05) is 0 Å². The third kappa shape index (κ3) is 11.2. The van der Waals surface area contributed by atoms with Crippen molar-refractivity contribution >= 4 is 0 Å². The molecule has 0 spiro atoms. The van der Waals surface area contributed by atoms with E-state index in [9.17, 15) is 0 Å². The molecule has 0 N–H and O–H groups in total. The SMILES string of the molecule is CC=CCCC=CCCCC=CC. The Bertz CT molecular complexity index is 161. The minimum absolute atomic E-state index is 1.18. The van der Waals surface area contributed by atoms with Crippen LogP contribution in [0.15, 0.2) is 36.5 Å². The van der Waals surface area contributed by atoms with Gasteiger partial charge in [0.05, 0.1) is 0 Å². The summed E-state index contributed by atoms with van der Waals surface area (Å²) < 4.78 is 0. The summed E-state index contributed by atoms with van der Waals surface area (Å²) in [5.74, 6) is 0. The first-order chi connectivity index (χ1) is 6.41. The number of unbranched alkanes of at least 4 members (excludes halogenated alkanes) is 3. The molecule has 0 saturated heterocycles. The van der Waals surface area contributed by atoms with Crippen LogP contribution in [-0.2, 0) is 0 Å². The summed E-state index contributed by atoms with van der Waals surface area (Å²) in [5, 5.41) is 0. The summed E-state index contributed by atoms with van der Waals surface area (Å²) in [5.41, 5.74) is 0. The standard InChI is InChI=1S/C13H22/c1-3-5-7-9-11-13-12-10-8-6-4-2/h3-6,11,13H,7-10,12H2,1-2H3. The van der Waals surface area contributed by atoms with Gasteiger partial charge in [0.25, 0.3) is 0 Å². The average molecular weight is 178 g/mol. The van der Waals surface area contributed by atoms with Crippen molar-refractivity contribution in [2.75, 3.05) is 0 Å². The molecule has 0 nitrogen and oxygen atoms in total. The molecule has 0 aliphatic heterocycles. The van der Waals surface area contributed by atoms with Gasteiger partial charge in [-0.3, -0.25) is 0 Å². The van der Waals surface area contributed by atoms with Gasteiger partial charge in [0, 0.05) is 0 Å². The summed E-state index contributed by atoms with van der Waals surface area (Å²) in [6, 6.07) is 0. The number of allylic oxidation sites excluding steroid dienone is 6. The van der Waals surface area contributed by atoms with Crippen molar-refractivity contribution in [3.05, 3.63) is 36.5 Å². The van der Waals surface area contributed by atoms with Crippen LogP contribution in [0.25, 0.3) is 0 Å². The Morgan fingerprint density at radius 2 is 1.08 bits per heavy atom. The van der Waals surface area contributed by atoms with Crippen molar-refractivity contribution in [3.8, 4) is 0 Å². The lowest BCUT2D eigenvalue weighted by Crippen LogP contribution is -1.69. The first-order valence-corrected chi connectivity index (χ1v) is 5.29. The van der Waals surface area contributed by atoms with E-state index in [2.05, 4.69) is 50.3 Å². The van der Waals surface area contributed by atoms with Crippen molar-refractivity contribution in [1.82, 2.24) is 0 Å². The van der Waals surface area contributed by atoms with Crippen LogP contribution < -0.4 is 0 Å². The first-order valence-electron chi connectivity index (χ1n) is 5.29. The number of hydrogen-bond donors (Lipinski definition) is 0. The lowest BCUT2D eigenvalue weighted by Gasteiger charge is -1.89. The van der Waals surface area contributed by atoms with Gasteiger partial charge in [0.1, 0.15) is 0 Å². The summed E-state index contributed by atoms with van der Waals surface area (Å²) in [6.45, 7) is 4.15. The Morgan fingerprint density at radius 3 is 1.77 bits per heavy atom. The van der Waals surface area contributed by atoms with Crippen molar-refractivity contribution in [3.63, 3.8) is 0 Å². The van der Waals surface area contributed by atoms with Gasteiger partial charge in [-0.1, -0.05) is 36.5 Å². The molecule has 0 bridgehead atoms. The van der Waals surface area contributed by atoms with Crippen LogP contribution in [0.1, 0.15) is 46.0 Å². The quantitative estimate of drug-likeness (QED) is 0.393. The molecule has 0 aromatic carbocycles. The molecule has 0 unspecified atom stereocenters. The Morgan fingerprint density at radius 1 is 0.615 bits per heavy atom. The molecular weight excluding hydrogens is 156 g/mol. The summed E-state index contributed by atoms with van der Waals surface area (Å²) in [4.78, 5) is 0. The van der Waals surface area contributed by atoms with Crippen LogP contribution in [0.2, 0.25) is 0 Å². The normalized spacial score (nSPS) is 12.5. The molecule has 0 saturated carbocycles. The monoisotopic (exact) mass is 178 g/mol. The maximum absolute atomic E-state index is 2.30. The zero-order valence-corrected chi connectivity index (χ0v) is 9.00. The Hall–Kier alpha value is -0.780. The molecule has 0 heterocycles. The molecule has 0 aliphatic carbocycles. The van der Waals surface area contributed by atoms with Crippen LogP contribution in [0, 0.1) is 0 Å². The molecule has 0 amide bonds. The van der Waals surface area contributed by atoms with Gasteiger partial charge in [0.2, 0.25) is 0 Å². The first kappa shape index (κ1) is 12.2. The molecule has 13 heavy (non-hydrogen) atoms. The molecule has 0 aromatic rings. The van der Waals surface area contributed by atoms with Gasteiger partial charge in [-0.25, -0.2) is 0 Å². The van der Waals surface area contributed by atoms with E-state index in [0.717, 1.165) is 0 Å². The van der Waals surface area contributed by atoms with Crippen molar-refractivity contribution < 1.29 is 0 Å². The largest absolute Gasteiger partial charge is 0.0917 e. The van der Waals surface area contributed by atoms with Crippen molar-refractivity contribution in [1.29, 1.82) is 0 Å². The maximum atomic E-state index is 2.30. The molecule has 0 fully saturated rings. The lowest BCUT2D eigenvalue weighted by molar-refractivity contribution is 0.861. The van der Waals surface area contributed by atoms with Gasteiger partial charge in [-0.2, -0.15) is 0 Å². The molecule has 0 aromatic heterocycles. The zero-order chi connectivity index (χ0) is 9.78. The molecule has 0 radical (unpaired) electrons. The van der Waals surface area contributed by atoms with Gasteiger partial charge >= 0.3 is 0 Å². The molecule has 74 valence electrons. The number of hydrogen-bond acceptors (Lipinski definition) is 0. The highest BCUT2D eigenvalue weighted by atomic mass is 13.9. The van der Waals surface area contributed by atoms with Crippen LogP contribution in [0.4, 0.5) is 0 Å². The predicted octanol–water partition coefficient (Wildman–Crippen LogP) is 4.65. The maximum Gasteiger partial charge on any atom is -0.0316 e. The van der Waals surface area contributed by atoms with Crippen molar-refractivity contribution in [2.45, 2.75) is 46.0 Å². The highest BCUT2D eigenvalue weighted by Crippen LogP contribution is 2.00. The molecule has 0 heteroatoms. The Labute approximate surface area is 83.0 Å². The second-order valence-corrected chi connectivity index (χ2v) is 3.12. The summed E-state index contributed by atoms with van der Waals surface area (Å²) in [7, 11) is 0. The van der Waals surface area contributed by atoms with Gasteiger partial charge < -0.3 is 0 Å². The Balaban J connectivity index is 3.12. The molecule has 0 aliphatic rings. The zero-order valence-electron chi connectivity index (χ0n) is 9.00. The third-order valence-electron chi connectivity index (χ3n) is 1.88. The van der Waals surface area contributed by atoms with Gasteiger partial charge in [-0.05, 0) is 46.0 Å². The number of rotatable bonds is 7. The average Bonchev–Trinajstić information content (AvgIpc) is 2.16. The van der Waals surface area contributed by atoms with Gasteiger partial charge in [0.15, 0.2) is 0 Å². The molecular formula is C13H22. The van der Waals surface area contributed by atoms with E-state index in [1.54, 1.807) is 0 Å². The molecule has 0 atom stereocenters. The van der Waals surface area contributed by atoms with E-state index < -0.39 is 0 Å². The van der Waals surface area contributed by atoms with Crippen molar-refractivity contribution in [2.24, 2.45) is 0 Å². The van der Waals surface area contributed by atoms with E-state index in [-0.39, 0.29) is 0 Å². The topological polar surface area (TPSA) is 0 Å². The third-order valence-corrected chi connectivity index (χ3v) is 1.88. The van der Waals surface area contributed by atoms with Crippen LogP contribution in [-0.4, -0.2) is 0 Å². The summed E-state index contributed by atoms with van der Waals surface area (Å²) >= 11 is 0. The second-order valence-electron chi connectivity index (χ2n) is 3.12. The highest BCUT2D eigenvalue weighted by molar-refractivity contribution is 4.87.